The monoisotopic (exact) mass is 461 g/mol. The van der Waals surface area contributed by atoms with E-state index in [0.717, 1.165) is 43.0 Å². The molecule has 4 N–H and O–H groups in total. The molecule has 2 rings (SSSR count). The highest BCUT2D eigenvalue weighted by molar-refractivity contribution is 5.90. The maximum atomic E-state index is 11.2. The molecule has 0 unspecified atom stereocenters. The molecule has 0 aliphatic carbocycles. The minimum absolute atomic E-state index is 0.556. The first kappa shape index (κ1) is 26.6. The SMILES string of the molecule is C=C/C=C(\C)N/C=C(CCN(Cc1ccc(/C=C/C(=O)NO)cc1)Cc1cnc[nH]1)\C(C)=C\C. The summed E-state index contributed by atoms with van der Waals surface area (Å²) < 4.78 is 0. The van der Waals surface area contributed by atoms with Crippen LogP contribution >= 0.6 is 0 Å². The molecule has 0 saturated heterocycles. The molecule has 0 aliphatic rings. The highest BCUT2D eigenvalue weighted by Crippen LogP contribution is 2.17. The van der Waals surface area contributed by atoms with Gasteiger partial charge in [-0.2, -0.15) is 0 Å². The summed E-state index contributed by atoms with van der Waals surface area (Å²) in [6, 6.07) is 8.02. The second-order valence-corrected chi connectivity index (χ2v) is 7.96. The summed E-state index contributed by atoms with van der Waals surface area (Å²) in [5.41, 5.74) is 8.23. The van der Waals surface area contributed by atoms with Gasteiger partial charge in [0, 0.05) is 49.5 Å². The fraction of sp³-hybridized carbons (Fsp3) is 0.259. The number of carbonyl (C=O) groups is 1. The lowest BCUT2D eigenvalue weighted by Gasteiger charge is -2.23. The van der Waals surface area contributed by atoms with Crippen molar-refractivity contribution in [1.82, 2.24) is 25.7 Å². The summed E-state index contributed by atoms with van der Waals surface area (Å²) in [7, 11) is 0. The van der Waals surface area contributed by atoms with Gasteiger partial charge in [-0.25, -0.2) is 10.5 Å². The van der Waals surface area contributed by atoms with E-state index >= 15 is 0 Å². The molecule has 1 aromatic carbocycles. The quantitative estimate of drug-likeness (QED) is 0.148. The Morgan fingerprint density at radius 2 is 2.00 bits per heavy atom. The van der Waals surface area contributed by atoms with Crippen molar-refractivity contribution in [2.45, 2.75) is 40.3 Å². The van der Waals surface area contributed by atoms with Crippen molar-refractivity contribution in [3.63, 3.8) is 0 Å². The van der Waals surface area contributed by atoms with Gasteiger partial charge in [-0.15, -0.1) is 0 Å². The van der Waals surface area contributed by atoms with Crippen molar-refractivity contribution < 1.29 is 10.0 Å². The van der Waals surface area contributed by atoms with Crippen LogP contribution < -0.4 is 10.8 Å². The molecule has 0 saturated carbocycles. The zero-order chi connectivity index (χ0) is 24.8. The van der Waals surface area contributed by atoms with E-state index in [1.54, 1.807) is 24.0 Å². The van der Waals surface area contributed by atoms with Gasteiger partial charge in [0.15, 0.2) is 0 Å². The third-order valence-corrected chi connectivity index (χ3v) is 5.35. The summed E-state index contributed by atoms with van der Waals surface area (Å²) in [6.07, 6.45) is 15.3. The Balaban J connectivity index is 2.13. The van der Waals surface area contributed by atoms with Gasteiger partial charge in [-0.3, -0.25) is 14.9 Å². The van der Waals surface area contributed by atoms with E-state index in [4.69, 9.17) is 5.21 Å². The first-order valence-corrected chi connectivity index (χ1v) is 11.2. The molecule has 0 spiro atoms. The van der Waals surface area contributed by atoms with Crippen LogP contribution in [0, 0.1) is 0 Å². The number of imidazole rings is 1. The summed E-state index contributed by atoms with van der Waals surface area (Å²) >= 11 is 0. The molecule has 180 valence electrons. The van der Waals surface area contributed by atoms with Crippen LogP contribution in [0.3, 0.4) is 0 Å². The fourth-order valence-corrected chi connectivity index (χ4v) is 3.30. The average molecular weight is 462 g/mol. The maximum absolute atomic E-state index is 11.2. The second-order valence-electron chi connectivity index (χ2n) is 7.96. The number of rotatable bonds is 13. The summed E-state index contributed by atoms with van der Waals surface area (Å²) in [4.78, 5) is 20.9. The van der Waals surface area contributed by atoms with Crippen molar-refractivity contribution >= 4 is 12.0 Å². The number of allylic oxidation sites excluding steroid dienone is 5. The first-order valence-electron chi connectivity index (χ1n) is 11.2. The molecule has 0 aliphatic heterocycles. The number of carbonyl (C=O) groups excluding carboxylic acids is 1. The zero-order valence-corrected chi connectivity index (χ0v) is 20.2. The Labute approximate surface area is 202 Å². The molecule has 0 fully saturated rings. The molecule has 1 amide bonds. The van der Waals surface area contributed by atoms with Crippen molar-refractivity contribution in [3.8, 4) is 0 Å². The van der Waals surface area contributed by atoms with Crippen molar-refractivity contribution in [3.05, 3.63) is 108 Å². The Bertz CT molecular complexity index is 1030. The number of amides is 1. The van der Waals surface area contributed by atoms with Gasteiger partial charge in [-0.05, 0) is 56.0 Å². The summed E-state index contributed by atoms with van der Waals surface area (Å²) in [6.45, 7) is 12.3. The van der Waals surface area contributed by atoms with E-state index in [0.29, 0.717) is 0 Å². The van der Waals surface area contributed by atoms with Crippen LogP contribution in [-0.4, -0.2) is 32.5 Å². The van der Waals surface area contributed by atoms with Crippen LogP contribution in [0.2, 0.25) is 0 Å². The lowest BCUT2D eigenvalue weighted by molar-refractivity contribution is -0.124. The smallest absolute Gasteiger partial charge is 0.267 e. The highest BCUT2D eigenvalue weighted by atomic mass is 16.5. The molecule has 2 aromatic rings. The lowest BCUT2D eigenvalue weighted by atomic mass is 10.0. The molecule has 0 bridgehead atoms. The Morgan fingerprint density at radius 3 is 2.62 bits per heavy atom. The van der Waals surface area contributed by atoms with Crippen LogP contribution in [0.25, 0.3) is 6.08 Å². The predicted molar refractivity (Wildman–Crippen MR) is 137 cm³/mol. The first-order chi connectivity index (χ1) is 16.4. The van der Waals surface area contributed by atoms with E-state index < -0.39 is 5.91 Å². The van der Waals surface area contributed by atoms with Crippen LogP contribution in [0.4, 0.5) is 0 Å². The van der Waals surface area contributed by atoms with Crippen molar-refractivity contribution in [2.24, 2.45) is 0 Å². The van der Waals surface area contributed by atoms with Gasteiger partial charge in [0.2, 0.25) is 0 Å². The molecular weight excluding hydrogens is 426 g/mol. The van der Waals surface area contributed by atoms with E-state index in [1.165, 1.54) is 22.8 Å². The van der Waals surface area contributed by atoms with Gasteiger partial charge < -0.3 is 10.3 Å². The summed E-state index contributed by atoms with van der Waals surface area (Å²) in [5, 5.41) is 12.0. The molecule has 7 heteroatoms. The number of aromatic nitrogens is 2. The second kappa shape index (κ2) is 14.5. The van der Waals surface area contributed by atoms with E-state index in [9.17, 15) is 4.79 Å². The lowest BCUT2D eigenvalue weighted by Crippen LogP contribution is -2.25. The molecule has 34 heavy (non-hydrogen) atoms. The zero-order valence-electron chi connectivity index (χ0n) is 20.2. The van der Waals surface area contributed by atoms with Gasteiger partial charge in [0.1, 0.15) is 0 Å². The van der Waals surface area contributed by atoms with E-state index in [1.807, 2.05) is 31.3 Å². The third-order valence-electron chi connectivity index (χ3n) is 5.35. The molecule has 1 aromatic heterocycles. The third kappa shape index (κ3) is 9.44. The number of hydrogen-bond donors (Lipinski definition) is 4. The standard InChI is InChI=1S/C27H35N5O2/c1-5-7-22(4)29-16-25(21(3)6-2)14-15-32(19-26-17-28-20-30-26)18-24-10-8-23(9-11-24)12-13-27(33)31-34/h5-13,16-17,20,29,34H,1,14-15,18-19H2,2-4H3,(H,28,30)(H,31,33)/b13-12+,21-6+,22-7+,25-16-. The minimum atomic E-state index is -0.556. The van der Waals surface area contributed by atoms with Crippen LogP contribution in [-0.2, 0) is 17.9 Å². The van der Waals surface area contributed by atoms with E-state index in [2.05, 4.69) is 65.0 Å². The largest absolute Gasteiger partial charge is 0.365 e. The molecular formula is C27H35N5O2. The van der Waals surface area contributed by atoms with Crippen LogP contribution in [0.15, 0.2) is 90.7 Å². The molecule has 1 heterocycles. The molecule has 0 radical (unpaired) electrons. The number of benzene rings is 1. The Hall–Kier alpha value is -3.68. The Kier molecular flexibility index (Phi) is 11.3. The fourth-order valence-electron chi connectivity index (χ4n) is 3.30. The molecule has 7 nitrogen and oxygen atoms in total. The topological polar surface area (TPSA) is 93.3 Å². The summed E-state index contributed by atoms with van der Waals surface area (Å²) in [5.74, 6) is -0.556. The number of hydroxylamine groups is 1. The van der Waals surface area contributed by atoms with Gasteiger partial charge in [0.25, 0.3) is 5.91 Å². The number of nitrogens with one attached hydrogen (secondary N) is 3. The number of hydrogen-bond acceptors (Lipinski definition) is 5. The van der Waals surface area contributed by atoms with Gasteiger partial charge >= 0.3 is 0 Å². The number of aromatic amines is 1. The van der Waals surface area contributed by atoms with Crippen LogP contribution in [0.1, 0.15) is 44.0 Å². The Morgan fingerprint density at radius 1 is 1.24 bits per heavy atom. The molecule has 0 atom stereocenters. The predicted octanol–water partition coefficient (Wildman–Crippen LogP) is 4.85. The van der Waals surface area contributed by atoms with Crippen molar-refractivity contribution in [1.29, 1.82) is 0 Å². The number of nitrogens with zero attached hydrogens (tertiary/aromatic N) is 2. The normalized spacial score (nSPS) is 12.9. The van der Waals surface area contributed by atoms with E-state index in [-0.39, 0.29) is 0 Å². The van der Waals surface area contributed by atoms with Crippen LogP contribution in [0.5, 0.6) is 0 Å². The average Bonchev–Trinajstić information content (AvgIpc) is 3.36. The maximum Gasteiger partial charge on any atom is 0.267 e. The number of H-pyrrole nitrogens is 1. The minimum Gasteiger partial charge on any atom is -0.365 e. The van der Waals surface area contributed by atoms with Gasteiger partial charge in [-0.1, -0.05) is 48.6 Å². The highest BCUT2D eigenvalue weighted by Gasteiger charge is 2.11. The van der Waals surface area contributed by atoms with Gasteiger partial charge in [0.05, 0.1) is 6.33 Å². The van der Waals surface area contributed by atoms with Crippen molar-refractivity contribution in [2.75, 3.05) is 6.54 Å².